The third-order valence-electron chi connectivity index (χ3n) is 2.97. The van der Waals surface area contributed by atoms with Crippen molar-refractivity contribution in [2.45, 2.75) is 39.2 Å². The standard InChI is InChI=1S/C14H24NO2S/c1-14(2,3)17-15-8-5-13(6-9-15)18-10-7-12(11-18)16-4/h7,10-11,18H,5-6,8-9H2,1-4H3. The molecule has 0 saturated carbocycles. The lowest BCUT2D eigenvalue weighted by Crippen LogP contribution is -2.38. The van der Waals surface area contributed by atoms with Gasteiger partial charge in [-0.1, -0.05) is 0 Å². The first-order valence-electron chi connectivity index (χ1n) is 6.49. The van der Waals surface area contributed by atoms with Crippen LogP contribution in [0.15, 0.2) is 22.7 Å². The second-order valence-electron chi connectivity index (χ2n) is 5.66. The molecule has 0 N–H and O–H groups in total. The van der Waals surface area contributed by atoms with E-state index in [4.69, 9.17) is 9.57 Å². The fourth-order valence-electron chi connectivity index (χ4n) is 2.18. The maximum Gasteiger partial charge on any atom is 0.124 e. The van der Waals surface area contributed by atoms with Crippen LogP contribution in [0.4, 0.5) is 0 Å². The van der Waals surface area contributed by atoms with E-state index in [1.54, 1.807) is 12.4 Å². The summed E-state index contributed by atoms with van der Waals surface area (Å²) in [6, 6.07) is 0. The maximum atomic E-state index is 5.90. The molecule has 1 fully saturated rings. The molecule has 0 aliphatic carbocycles. The van der Waals surface area contributed by atoms with Gasteiger partial charge in [-0.2, -0.15) is 5.06 Å². The Hall–Kier alpha value is -0.450. The van der Waals surface area contributed by atoms with Gasteiger partial charge in [-0.25, -0.2) is 10.9 Å². The molecule has 103 valence electrons. The molecule has 2 aliphatic rings. The highest BCUT2D eigenvalue weighted by atomic mass is 32.2. The van der Waals surface area contributed by atoms with Crippen molar-refractivity contribution in [3.05, 3.63) is 27.9 Å². The highest BCUT2D eigenvalue weighted by Crippen LogP contribution is 2.50. The molecule has 1 unspecified atom stereocenters. The van der Waals surface area contributed by atoms with E-state index in [1.807, 2.05) is 0 Å². The lowest BCUT2D eigenvalue weighted by molar-refractivity contribution is -0.232. The number of allylic oxidation sites excluding steroid dienone is 1. The molecule has 0 bridgehead atoms. The van der Waals surface area contributed by atoms with E-state index in [0.29, 0.717) is 0 Å². The lowest BCUT2D eigenvalue weighted by atomic mass is 10.1. The van der Waals surface area contributed by atoms with Crippen molar-refractivity contribution in [3.8, 4) is 0 Å². The van der Waals surface area contributed by atoms with E-state index < -0.39 is 0 Å². The van der Waals surface area contributed by atoms with Crippen LogP contribution in [-0.2, 0) is 9.57 Å². The van der Waals surface area contributed by atoms with Crippen LogP contribution in [0.25, 0.3) is 0 Å². The van der Waals surface area contributed by atoms with Crippen molar-refractivity contribution in [3.63, 3.8) is 0 Å². The van der Waals surface area contributed by atoms with E-state index in [0.717, 1.165) is 31.7 Å². The third-order valence-corrected chi connectivity index (χ3v) is 5.15. The topological polar surface area (TPSA) is 21.7 Å². The van der Waals surface area contributed by atoms with Crippen molar-refractivity contribution in [2.75, 3.05) is 20.2 Å². The minimum atomic E-state index is -0.194. The van der Waals surface area contributed by atoms with E-state index >= 15 is 0 Å². The summed E-state index contributed by atoms with van der Waals surface area (Å²) in [6.07, 6.45) is 4.37. The Bertz CT molecular complexity index is 338. The van der Waals surface area contributed by atoms with Gasteiger partial charge >= 0.3 is 0 Å². The first kappa shape index (κ1) is 14.0. The summed E-state index contributed by atoms with van der Waals surface area (Å²) in [4.78, 5) is 5.90. The largest absolute Gasteiger partial charge is 0.496 e. The Labute approximate surface area is 113 Å². The van der Waals surface area contributed by atoms with Crippen LogP contribution in [0.5, 0.6) is 0 Å². The Morgan fingerprint density at radius 1 is 1.22 bits per heavy atom. The number of hydrogen-bond donors (Lipinski definition) is 1. The molecule has 0 spiro atoms. The summed E-state index contributed by atoms with van der Waals surface area (Å²) in [6.45, 7) is 8.32. The van der Waals surface area contributed by atoms with Crippen molar-refractivity contribution in [1.82, 2.24) is 5.06 Å². The molecule has 0 aromatic heterocycles. The molecule has 4 heteroatoms. The molecule has 0 aromatic rings. The second-order valence-corrected chi connectivity index (χ2v) is 7.66. The van der Waals surface area contributed by atoms with Crippen LogP contribution in [-0.4, -0.2) is 30.9 Å². The molecule has 1 radical (unpaired) electrons. The summed E-state index contributed by atoms with van der Waals surface area (Å²) in [7, 11) is 1.54. The van der Waals surface area contributed by atoms with Gasteiger partial charge < -0.3 is 4.74 Å². The normalized spacial score (nSPS) is 28.4. The first-order chi connectivity index (χ1) is 8.48. The monoisotopic (exact) mass is 270 g/mol. The molecule has 1 atom stereocenters. The third kappa shape index (κ3) is 3.77. The SMILES string of the molecule is COC1=C[SH]([C]2CCN(OC(C)(C)C)CC2)C=C1. The fraction of sp³-hybridized carbons (Fsp3) is 0.643. The number of methoxy groups -OCH3 is 1. The summed E-state index contributed by atoms with van der Waals surface area (Å²) >= 11 is 0. The number of ether oxygens (including phenoxy) is 1. The van der Waals surface area contributed by atoms with Crippen LogP contribution in [0.1, 0.15) is 33.6 Å². The van der Waals surface area contributed by atoms with Gasteiger partial charge in [-0.05, 0) is 50.5 Å². The molecular weight excluding hydrogens is 246 g/mol. The zero-order valence-corrected chi connectivity index (χ0v) is 12.7. The Kier molecular flexibility index (Phi) is 4.41. The molecule has 0 aromatic carbocycles. The molecule has 0 amide bonds. The number of thiol groups is 1. The van der Waals surface area contributed by atoms with Crippen LogP contribution in [0.2, 0.25) is 0 Å². The Balaban J connectivity index is 1.81. The van der Waals surface area contributed by atoms with Crippen LogP contribution in [0, 0.1) is 5.25 Å². The number of piperidine rings is 1. The van der Waals surface area contributed by atoms with E-state index in [2.05, 4.69) is 42.7 Å². The van der Waals surface area contributed by atoms with Crippen molar-refractivity contribution in [2.24, 2.45) is 0 Å². The van der Waals surface area contributed by atoms with Gasteiger partial charge in [0.15, 0.2) is 0 Å². The number of hydroxylamine groups is 2. The summed E-state index contributed by atoms with van der Waals surface area (Å²) < 4.78 is 5.26. The number of nitrogens with zero attached hydrogens (tertiary/aromatic N) is 1. The highest BCUT2D eigenvalue weighted by Gasteiger charge is 2.27. The predicted molar refractivity (Wildman–Crippen MR) is 78.1 cm³/mol. The average molecular weight is 270 g/mol. The van der Waals surface area contributed by atoms with E-state index in [-0.39, 0.29) is 16.5 Å². The van der Waals surface area contributed by atoms with Gasteiger partial charge in [0.05, 0.1) is 12.7 Å². The van der Waals surface area contributed by atoms with Crippen molar-refractivity contribution >= 4 is 10.9 Å². The van der Waals surface area contributed by atoms with Gasteiger partial charge in [0.2, 0.25) is 0 Å². The Morgan fingerprint density at radius 3 is 2.39 bits per heavy atom. The molecular formula is C14H24NO2S. The van der Waals surface area contributed by atoms with Gasteiger partial charge in [-0.15, -0.1) is 0 Å². The van der Waals surface area contributed by atoms with E-state index in [9.17, 15) is 0 Å². The number of rotatable bonds is 3. The predicted octanol–water partition coefficient (Wildman–Crippen LogP) is 3.36. The quantitative estimate of drug-likeness (QED) is 0.795. The lowest BCUT2D eigenvalue weighted by Gasteiger charge is -2.37. The highest BCUT2D eigenvalue weighted by molar-refractivity contribution is 8.24. The minimum Gasteiger partial charge on any atom is -0.496 e. The summed E-state index contributed by atoms with van der Waals surface area (Å²) in [5, 5.41) is 8.33. The zero-order valence-electron chi connectivity index (χ0n) is 11.8. The first-order valence-corrected chi connectivity index (χ1v) is 7.97. The van der Waals surface area contributed by atoms with Crippen molar-refractivity contribution < 1.29 is 9.57 Å². The molecule has 18 heavy (non-hydrogen) atoms. The summed E-state index contributed by atoms with van der Waals surface area (Å²) in [5.74, 6) is 1.02. The second kappa shape index (κ2) is 5.68. The van der Waals surface area contributed by atoms with Gasteiger partial charge in [0, 0.05) is 18.3 Å². The number of hydrogen-bond acceptors (Lipinski definition) is 3. The maximum absolute atomic E-state index is 5.90. The fourth-order valence-corrected chi connectivity index (χ4v) is 4.14. The van der Waals surface area contributed by atoms with Gasteiger partial charge in [0.1, 0.15) is 5.76 Å². The van der Waals surface area contributed by atoms with E-state index in [1.165, 1.54) is 0 Å². The Morgan fingerprint density at radius 2 is 1.89 bits per heavy atom. The minimum absolute atomic E-state index is 0.0841. The molecule has 2 heterocycles. The molecule has 1 saturated heterocycles. The molecule has 2 rings (SSSR count). The van der Waals surface area contributed by atoms with Gasteiger partial charge in [0.25, 0.3) is 0 Å². The van der Waals surface area contributed by atoms with Crippen LogP contribution >= 0.6 is 10.9 Å². The van der Waals surface area contributed by atoms with Crippen molar-refractivity contribution in [1.29, 1.82) is 0 Å². The molecule has 2 aliphatic heterocycles. The smallest absolute Gasteiger partial charge is 0.124 e. The van der Waals surface area contributed by atoms with Gasteiger partial charge in [-0.3, -0.25) is 4.84 Å². The molecule has 3 nitrogen and oxygen atoms in total. The summed E-state index contributed by atoms with van der Waals surface area (Å²) in [5.41, 5.74) is -0.0841. The van der Waals surface area contributed by atoms with Crippen LogP contribution in [0.3, 0.4) is 0 Å². The average Bonchev–Trinajstić information content (AvgIpc) is 2.76. The zero-order chi connectivity index (χ0) is 13.2. The van der Waals surface area contributed by atoms with Crippen LogP contribution < -0.4 is 0 Å².